The molecule has 15 heavy (non-hydrogen) atoms. The minimum absolute atomic E-state index is 0.439. The van der Waals surface area contributed by atoms with Gasteiger partial charge < -0.3 is 0 Å². The molecular weight excluding hydrogens is 209 g/mol. The van der Waals surface area contributed by atoms with E-state index >= 15 is 0 Å². The Morgan fingerprint density at radius 1 is 1.20 bits per heavy atom. The average Bonchev–Trinajstić information content (AvgIpc) is 2.19. The summed E-state index contributed by atoms with van der Waals surface area (Å²) < 4.78 is 36.7. The summed E-state index contributed by atoms with van der Waals surface area (Å²) in [5.41, 5.74) is 6.72. The molecule has 0 saturated heterocycles. The van der Waals surface area contributed by atoms with Crippen LogP contribution < -0.4 is 0 Å². The van der Waals surface area contributed by atoms with Gasteiger partial charge in [0, 0.05) is 0 Å². The van der Waals surface area contributed by atoms with Gasteiger partial charge in [-0.3, -0.25) is 5.41 Å². The van der Waals surface area contributed by atoms with Crippen molar-refractivity contribution in [2.75, 3.05) is 0 Å². The Labute approximate surface area is 85.4 Å². The molecule has 0 aromatic heterocycles. The molecule has 1 fully saturated rings. The van der Waals surface area contributed by atoms with Gasteiger partial charge in [-0.2, -0.15) is 18.7 Å². The number of alkyl halides is 3. The van der Waals surface area contributed by atoms with Gasteiger partial charge in [0.05, 0.1) is 6.04 Å². The molecule has 0 radical (unpaired) electrons. The largest absolute Gasteiger partial charge is 0.450 e. The van der Waals surface area contributed by atoms with E-state index in [0.717, 1.165) is 19.3 Å². The zero-order chi connectivity index (χ0) is 11.5. The SMILES string of the molecule is N=NN(C(=N)C(F)(F)F)C1CCCCC1. The van der Waals surface area contributed by atoms with Crippen molar-refractivity contribution in [3.05, 3.63) is 0 Å². The van der Waals surface area contributed by atoms with Gasteiger partial charge >= 0.3 is 6.18 Å². The van der Waals surface area contributed by atoms with E-state index < -0.39 is 18.1 Å². The molecule has 1 aliphatic rings. The predicted octanol–water partition coefficient (Wildman–Crippen LogP) is 3.11. The molecule has 0 aromatic carbocycles. The summed E-state index contributed by atoms with van der Waals surface area (Å²) in [5.74, 6) is -1.54. The van der Waals surface area contributed by atoms with Gasteiger partial charge in [-0.05, 0) is 12.8 Å². The lowest BCUT2D eigenvalue weighted by Crippen LogP contribution is -2.43. The first-order valence-electron chi connectivity index (χ1n) is 4.79. The van der Waals surface area contributed by atoms with Gasteiger partial charge in [-0.25, -0.2) is 5.01 Å². The second-order valence-corrected chi connectivity index (χ2v) is 3.58. The van der Waals surface area contributed by atoms with Crippen LogP contribution in [0.1, 0.15) is 32.1 Å². The summed E-state index contributed by atoms with van der Waals surface area (Å²) >= 11 is 0. The van der Waals surface area contributed by atoms with E-state index in [2.05, 4.69) is 5.22 Å². The highest BCUT2D eigenvalue weighted by atomic mass is 19.4. The molecule has 86 valence electrons. The van der Waals surface area contributed by atoms with Gasteiger partial charge in [-0.15, -0.1) is 0 Å². The first-order valence-corrected chi connectivity index (χ1v) is 4.79. The monoisotopic (exact) mass is 222 g/mol. The molecule has 0 aromatic rings. The van der Waals surface area contributed by atoms with Gasteiger partial charge in [0.25, 0.3) is 0 Å². The fourth-order valence-electron chi connectivity index (χ4n) is 1.77. The van der Waals surface area contributed by atoms with Crippen molar-refractivity contribution in [1.29, 1.82) is 10.9 Å². The van der Waals surface area contributed by atoms with Crippen molar-refractivity contribution in [2.24, 2.45) is 5.22 Å². The van der Waals surface area contributed by atoms with Crippen molar-refractivity contribution >= 4 is 5.84 Å². The fraction of sp³-hybridized carbons (Fsp3) is 0.875. The number of hydrogen-bond acceptors (Lipinski definition) is 3. The van der Waals surface area contributed by atoms with Crippen LogP contribution in [0.15, 0.2) is 5.22 Å². The molecule has 2 N–H and O–H groups in total. The molecule has 0 aliphatic heterocycles. The Kier molecular flexibility index (Phi) is 3.65. The molecular formula is C8H13F3N4. The zero-order valence-corrected chi connectivity index (χ0v) is 8.14. The lowest BCUT2D eigenvalue weighted by atomic mass is 9.95. The molecule has 4 nitrogen and oxygen atoms in total. The molecule has 0 amide bonds. The van der Waals surface area contributed by atoms with E-state index in [1.165, 1.54) is 0 Å². The maximum atomic E-state index is 12.2. The number of rotatable bonds is 2. The predicted molar refractivity (Wildman–Crippen MR) is 47.6 cm³/mol. The van der Waals surface area contributed by atoms with Crippen molar-refractivity contribution < 1.29 is 13.2 Å². The molecule has 0 unspecified atom stereocenters. The van der Waals surface area contributed by atoms with E-state index in [4.69, 9.17) is 10.9 Å². The molecule has 0 atom stereocenters. The minimum Gasteiger partial charge on any atom is -0.279 e. The molecule has 1 saturated carbocycles. The van der Waals surface area contributed by atoms with E-state index in [9.17, 15) is 13.2 Å². The third-order valence-corrected chi connectivity index (χ3v) is 2.53. The van der Waals surface area contributed by atoms with Crippen LogP contribution >= 0.6 is 0 Å². The van der Waals surface area contributed by atoms with E-state index in [0.29, 0.717) is 17.9 Å². The summed E-state index contributed by atoms with van der Waals surface area (Å²) in [7, 11) is 0. The van der Waals surface area contributed by atoms with Crippen molar-refractivity contribution in [3.63, 3.8) is 0 Å². The Morgan fingerprint density at radius 2 is 1.73 bits per heavy atom. The lowest BCUT2D eigenvalue weighted by molar-refractivity contribution is -0.0732. The maximum Gasteiger partial charge on any atom is 0.450 e. The van der Waals surface area contributed by atoms with Gasteiger partial charge in [0.15, 0.2) is 0 Å². The third-order valence-electron chi connectivity index (χ3n) is 2.53. The van der Waals surface area contributed by atoms with Crippen molar-refractivity contribution in [1.82, 2.24) is 5.01 Å². The van der Waals surface area contributed by atoms with Crippen LogP contribution in [0, 0.1) is 10.9 Å². The minimum atomic E-state index is -4.72. The van der Waals surface area contributed by atoms with E-state index in [-0.39, 0.29) is 0 Å². The quantitative estimate of drug-likeness (QED) is 0.320. The summed E-state index contributed by atoms with van der Waals surface area (Å²) in [6, 6.07) is -0.439. The number of nitrogens with zero attached hydrogens (tertiary/aromatic N) is 2. The molecule has 0 spiro atoms. The highest BCUT2D eigenvalue weighted by Gasteiger charge is 2.41. The molecule has 0 heterocycles. The Balaban J connectivity index is 2.69. The molecule has 1 aliphatic carbocycles. The van der Waals surface area contributed by atoms with Crippen molar-refractivity contribution in [3.8, 4) is 0 Å². The third kappa shape index (κ3) is 2.90. The zero-order valence-electron chi connectivity index (χ0n) is 8.14. The Bertz CT molecular complexity index is 245. The van der Waals surface area contributed by atoms with Gasteiger partial charge in [0.1, 0.15) is 0 Å². The van der Waals surface area contributed by atoms with E-state index in [1.807, 2.05) is 0 Å². The second kappa shape index (κ2) is 4.59. The van der Waals surface area contributed by atoms with Crippen LogP contribution in [0.5, 0.6) is 0 Å². The van der Waals surface area contributed by atoms with Crippen LogP contribution in [0.25, 0.3) is 0 Å². The van der Waals surface area contributed by atoms with Crippen LogP contribution in [0.2, 0.25) is 0 Å². The number of halogens is 3. The lowest BCUT2D eigenvalue weighted by Gasteiger charge is -2.30. The first-order chi connectivity index (χ1) is 6.96. The van der Waals surface area contributed by atoms with Crippen LogP contribution in [0.4, 0.5) is 13.2 Å². The molecule has 7 heteroatoms. The first kappa shape index (κ1) is 11.9. The summed E-state index contributed by atoms with van der Waals surface area (Å²) in [6.45, 7) is 0. The smallest absolute Gasteiger partial charge is 0.279 e. The molecule has 1 rings (SSSR count). The normalized spacial score (nSPS) is 18.6. The number of amidine groups is 1. The fourth-order valence-corrected chi connectivity index (χ4v) is 1.77. The van der Waals surface area contributed by atoms with Crippen LogP contribution in [0.3, 0.4) is 0 Å². The van der Waals surface area contributed by atoms with E-state index in [1.54, 1.807) is 0 Å². The number of nitrogens with one attached hydrogen (secondary N) is 2. The summed E-state index contributed by atoms with van der Waals surface area (Å²) in [6.07, 6.45) is -0.908. The average molecular weight is 222 g/mol. The van der Waals surface area contributed by atoms with Crippen LogP contribution in [-0.4, -0.2) is 23.1 Å². The van der Waals surface area contributed by atoms with Gasteiger partial charge in [0.2, 0.25) is 5.84 Å². The van der Waals surface area contributed by atoms with Crippen molar-refractivity contribution in [2.45, 2.75) is 44.3 Å². The second-order valence-electron chi connectivity index (χ2n) is 3.58. The highest BCUT2D eigenvalue weighted by molar-refractivity contribution is 5.84. The topological polar surface area (TPSA) is 63.3 Å². The molecule has 0 bridgehead atoms. The Morgan fingerprint density at radius 3 is 2.13 bits per heavy atom. The maximum absolute atomic E-state index is 12.2. The Hall–Kier alpha value is -1.14. The highest BCUT2D eigenvalue weighted by Crippen LogP contribution is 2.27. The van der Waals surface area contributed by atoms with Crippen LogP contribution in [-0.2, 0) is 0 Å². The standard InChI is InChI=1S/C8H13F3N4/c9-8(10,11)7(12)15(14-13)6-4-2-1-3-5-6/h6,12-13H,1-5H2. The summed E-state index contributed by atoms with van der Waals surface area (Å²) in [4.78, 5) is 0. The van der Waals surface area contributed by atoms with Gasteiger partial charge in [-0.1, -0.05) is 24.5 Å². The summed E-state index contributed by atoms with van der Waals surface area (Å²) in [5, 5.41) is 10.2. The number of hydrogen-bond donors (Lipinski definition) is 2.